The molecule has 0 spiro atoms. The molecule has 2 atom stereocenters. The minimum Gasteiger partial charge on any atom is -0.610 e. The molecular weight excluding hydrogens is 379 g/mol. The van der Waals surface area contributed by atoms with Crippen molar-refractivity contribution in [2.75, 3.05) is 12.9 Å². The number of nitrogens with zero attached hydrogens (tertiary/aromatic N) is 2. The zero-order valence-electron chi connectivity index (χ0n) is 16.2. The molecule has 7 heteroatoms. The second-order valence-corrected chi connectivity index (χ2v) is 9.17. The van der Waals surface area contributed by atoms with Gasteiger partial charge in [0.2, 0.25) is 5.03 Å². The van der Waals surface area contributed by atoms with E-state index in [-0.39, 0.29) is 12.0 Å². The Morgan fingerprint density at radius 2 is 2.14 bits per heavy atom. The van der Waals surface area contributed by atoms with Crippen molar-refractivity contribution in [1.82, 2.24) is 9.55 Å². The summed E-state index contributed by atoms with van der Waals surface area (Å²) in [7, 11) is 1.65. The summed E-state index contributed by atoms with van der Waals surface area (Å²) < 4.78 is 34.0. The number of ether oxygens (including phenoxy) is 1. The third-order valence-electron chi connectivity index (χ3n) is 5.20. The lowest BCUT2D eigenvalue weighted by Gasteiger charge is -2.19. The maximum atomic E-state index is 14.6. The highest BCUT2D eigenvalue weighted by molar-refractivity contribution is 7.90. The second-order valence-electron chi connectivity index (χ2n) is 7.84. The summed E-state index contributed by atoms with van der Waals surface area (Å²) >= 11 is -1.26. The molecule has 148 valence electrons. The predicted molar refractivity (Wildman–Crippen MR) is 108 cm³/mol. The summed E-state index contributed by atoms with van der Waals surface area (Å²) in [4.78, 5) is 16.9. The van der Waals surface area contributed by atoms with Crippen LogP contribution in [-0.4, -0.2) is 32.6 Å². The topological polar surface area (TPSA) is 67.2 Å². The number of halogens is 1. The third-order valence-corrected chi connectivity index (χ3v) is 6.02. The average molecular weight is 402 g/mol. The van der Waals surface area contributed by atoms with Crippen molar-refractivity contribution in [3.63, 3.8) is 0 Å². The minimum absolute atomic E-state index is 0.191. The van der Waals surface area contributed by atoms with Crippen LogP contribution in [0.2, 0.25) is 0 Å². The molecule has 2 aromatic heterocycles. The van der Waals surface area contributed by atoms with Gasteiger partial charge in [-0.2, -0.15) is 0 Å². The van der Waals surface area contributed by atoms with Gasteiger partial charge in [0, 0.05) is 53.3 Å². The highest BCUT2D eigenvalue weighted by atomic mass is 32.2. The molecule has 0 N–H and O–H groups in total. The SMILES string of the molecule is Cn1cc(-c2cc([S+](C)[O-])ncc2OCC2CC2)c2c(c1=O)=CC(C)(F)CC=2. The second kappa shape index (κ2) is 7.04. The first-order valence-corrected chi connectivity index (χ1v) is 10.9. The summed E-state index contributed by atoms with van der Waals surface area (Å²) in [5.74, 6) is 1.15. The van der Waals surface area contributed by atoms with E-state index in [1.54, 1.807) is 37.8 Å². The number of aromatic nitrogens is 2. The van der Waals surface area contributed by atoms with Crippen LogP contribution in [0, 0.1) is 5.92 Å². The highest BCUT2D eigenvalue weighted by Gasteiger charge is 2.26. The maximum absolute atomic E-state index is 14.6. The van der Waals surface area contributed by atoms with E-state index in [9.17, 15) is 13.7 Å². The lowest BCUT2D eigenvalue weighted by molar-refractivity contribution is 0.286. The van der Waals surface area contributed by atoms with Crippen molar-refractivity contribution in [3.8, 4) is 16.9 Å². The summed E-state index contributed by atoms with van der Waals surface area (Å²) in [6, 6.07) is 1.75. The van der Waals surface area contributed by atoms with Crippen molar-refractivity contribution in [2.24, 2.45) is 13.0 Å². The third kappa shape index (κ3) is 3.73. The van der Waals surface area contributed by atoms with E-state index in [1.807, 2.05) is 0 Å². The quantitative estimate of drug-likeness (QED) is 0.714. The minimum atomic E-state index is -1.56. The first-order valence-electron chi connectivity index (χ1n) is 9.33. The largest absolute Gasteiger partial charge is 0.610 e. The number of hydrogen-bond donors (Lipinski definition) is 0. The lowest BCUT2D eigenvalue weighted by atomic mass is 9.93. The molecule has 2 aromatic rings. The molecule has 1 fully saturated rings. The Labute approximate surface area is 165 Å². The van der Waals surface area contributed by atoms with Gasteiger partial charge in [-0.1, -0.05) is 6.08 Å². The fourth-order valence-corrected chi connectivity index (χ4v) is 3.89. The molecule has 2 unspecified atom stereocenters. The van der Waals surface area contributed by atoms with E-state index < -0.39 is 16.8 Å². The Morgan fingerprint density at radius 3 is 2.82 bits per heavy atom. The summed E-state index contributed by atoms with van der Waals surface area (Å²) in [6.07, 6.45) is 10.6. The molecule has 1 saturated carbocycles. The van der Waals surface area contributed by atoms with Gasteiger partial charge in [0.05, 0.1) is 12.8 Å². The van der Waals surface area contributed by atoms with Gasteiger partial charge in [0.25, 0.3) is 5.56 Å². The molecule has 4 rings (SSSR count). The van der Waals surface area contributed by atoms with Crippen LogP contribution in [0.1, 0.15) is 26.2 Å². The first kappa shape index (κ1) is 19.2. The normalized spacial score (nSPS) is 22.0. The number of fused-ring (bicyclic) bond motifs is 1. The van der Waals surface area contributed by atoms with Gasteiger partial charge < -0.3 is 13.9 Å². The number of rotatable bonds is 5. The Hall–Kier alpha value is -2.12. The fraction of sp³-hybridized carbons (Fsp3) is 0.429. The van der Waals surface area contributed by atoms with Crippen LogP contribution in [-0.2, 0) is 18.2 Å². The molecule has 28 heavy (non-hydrogen) atoms. The van der Waals surface area contributed by atoms with E-state index in [0.717, 1.165) is 24.0 Å². The number of alkyl halides is 1. The lowest BCUT2D eigenvalue weighted by Crippen LogP contribution is -2.48. The van der Waals surface area contributed by atoms with Gasteiger partial charge in [0.1, 0.15) is 17.7 Å². The average Bonchev–Trinajstić information content (AvgIpc) is 3.47. The van der Waals surface area contributed by atoms with Crippen molar-refractivity contribution in [3.05, 3.63) is 39.3 Å². The van der Waals surface area contributed by atoms with Crippen LogP contribution in [0.3, 0.4) is 0 Å². The van der Waals surface area contributed by atoms with Crippen LogP contribution in [0.4, 0.5) is 4.39 Å². The molecule has 5 nitrogen and oxygen atoms in total. The molecule has 2 aliphatic rings. The number of aryl methyl sites for hydroxylation is 1. The molecule has 0 amide bonds. The van der Waals surface area contributed by atoms with Gasteiger partial charge in [-0.3, -0.25) is 4.79 Å². The van der Waals surface area contributed by atoms with Gasteiger partial charge in [0.15, 0.2) is 0 Å². The zero-order chi connectivity index (χ0) is 20.1. The van der Waals surface area contributed by atoms with Crippen LogP contribution in [0.5, 0.6) is 5.75 Å². The maximum Gasteiger partial charge on any atom is 0.257 e. The Balaban J connectivity index is 1.95. The smallest absolute Gasteiger partial charge is 0.257 e. The fourth-order valence-electron chi connectivity index (χ4n) is 3.41. The zero-order valence-corrected chi connectivity index (χ0v) is 17.0. The van der Waals surface area contributed by atoms with Gasteiger partial charge in [-0.15, -0.1) is 0 Å². The predicted octanol–water partition coefficient (Wildman–Crippen LogP) is 1.67. The summed E-state index contributed by atoms with van der Waals surface area (Å²) in [5.41, 5.74) is -0.326. The Bertz CT molecular complexity index is 1100. The summed E-state index contributed by atoms with van der Waals surface area (Å²) in [5, 5.41) is 1.47. The van der Waals surface area contributed by atoms with Gasteiger partial charge in [-0.25, -0.2) is 9.37 Å². The van der Waals surface area contributed by atoms with Crippen LogP contribution >= 0.6 is 0 Å². The van der Waals surface area contributed by atoms with E-state index in [1.165, 1.54) is 17.6 Å². The Kier molecular flexibility index (Phi) is 4.83. The molecule has 0 bridgehead atoms. The van der Waals surface area contributed by atoms with Gasteiger partial charge >= 0.3 is 0 Å². The van der Waals surface area contributed by atoms with Crippen LogP contribution in [0.25, 0.3) is 23.3 Å². The first-order chi connectivity index (χ1) is 13.2. The van der Waals surface area contributed by atoms with Crippen LogP contribution in [0.15, 0.2) is 28.3 Å². The van der Waals surface area contributed by atoms with E-state index >= 15 is 0 Å². The van der Waals surface area contributed by atoms with Crippen molar-refractivity contribution >= 4 is 23.3 Å². The Morgan fingerprint density at radius 1 is 1.39 bits per heavy atom. The molecule has 0 radical (unpaired) electrons. The van der Waals surface area contributed by atoms with Crippen LogP contribution < -0.4 is 20.7 Å². The number of hydrogen-bond acceptors (Lipinski definition) is 4. The number of pyridine rings is 2. The van der Waals surface area contributed by atoms with E-state index in [4.69, 9.17) is 4.74 Å². The van der Waals surface area contributed by atoms with Crippen molar-refractivity contribution in [1.29, 1.82) is 0 Å². The standard InChI is InChI=1S/C21H23FN2O3S/c1-21(22)7-6-14-16(9-21)20(25)24(2)11-17(14)15-8-19(28(3)26)23-10-18(15)27-12-13-4-5-13/h6,8-11,13H,4-5,7,12H2,1-3H3. The molecule has 0 aromatic carbocycles. The van der Waals surface area contributed by atoms with E-state index in [0.29, 0.717) is 33.7 Å². The van der Waals surface area contributed by atoms with Crippen molar-refractivity contribution in [2.45, 2.75) is 36.9 Å². The molecule has 0 aliphatic heterocycles. The molecular formula is C21H23FN2O3S. The molecule has 2 heterocycles. The molecule has 2 aliphatic carbocycles. The monoisotopic (exact) mass is 402 g/mol. The highest BCUT2D eigenvalue weighted by Crippen LogP contribution is 2.33. The van der Waals surface area contributed by atoms with Gasteiger partial charge in [-0.05, 0) is 37.0 Å². The summed E-state index contributed by atoms with van der Waals surface area (Å²) in [6.45, 7) is 2.07. The van der Waals surface area contributed by atoms with Crippen molar-refractivity contribution < 1.29 is 13.7 Å². The van der Waals surface area contributed by atoms with E-state index in [2.05, 4.69) is 4.98 Å². The molecule has 0 saturated heterocycles.